The molecule has 0 unspecified atom stereocenters. The van der Waals surface area contributed by atoms with Crippen molar-refractivity contribution in [2.24, 2.45) is 0 Å². The summed E-state index contributed by atoms with van der Waals surface area (Å²) < 4.78 is 6.60. The number of carbonyl (C=O) groups is 1. The minimum absolute atomic E-state index is 0.0679. The van der Waals surface area contributed by atoms with Gasteiger partial charge in [-0.25, -0.2) is 4.98 Å². The Kier molecular flexibility index (Phi) is 5.78. The van der Waals surface area contributed by atoms with Crippen LogP contribution in [0.4, 0.5) is 0 Å². The molecule has 26 heavy (non-hydrogen) atoms. The Morgan fingerprint density at radius 2 is 2.00 bits per heavy atom. The quantitative estimate of drug-likeness (QED) is 0.361. The number of fused-ring (bicyclic) bond motifs is 1. The molecule has 0 N–H and O–H groups in total. The summed E-state index contributed by atoms with van der Waals surface area (Å²) in [6.07, 6.45) is 0.281. The van der Waals surface area contributed by atoms with Crippen LogP contribution in [0.3, 0.4) is 0 Å². The number of benzene rings is 1. The molecule has 0 amide bonds. The monoisotopic (exact) mass is 388 g/mol. The highest BCUT2D eigenvalue weighted by Crippen LogP contribution is 2.29. The van der Waals surface area contributed by atoms with Crippen LogP contribution in [-0.4, -0.2) is 27.9 Å². The van der Waals surface area contributed by atoms with Crippen molar-refractivity contribution >= 4 is 39.3 Å². The average Bonchev–Trinajstić information content (AvgIpc) is 2.90. The molecule has 3 aromatic rings. The molecule has 0 aliphatic rings. The fraction of sp³-hybridized carbons (Fsp3) is 0.316. The highest BCUT2D eigenvalue weighted by molar-refractivity contribution is 7.99. The van der Waals surface area contributed by atoms with Gasteiger partial charge in [0.25, 0.3) is 5.56 Å². The Morgan fingerprint density at radius 1 is 1.27 bits per heavy atom. The van der Waals surface area contributed by atoms with Crippen LogP contribution in [0.25, 0.3) is 15.9 Å². The van der Waals surface area contributed by atoms with Crippen molar-refractivity contribution in [1.29, 1.82) is 0 Å². The Balaban J connectivity index is 2.05. The lowest BCUT2D eigenvalue weighted by Crippen LogP contribution is -2.21. The number of nitrogens with zero attached hydrogens (tertiary/aromatic N) is 2. The van der Waals surface area contributed by atoms with E-state index in [9.17, 15) is 9.59 Å². The molecule has 0 saturated heterocycles. The average molecular weight is 389 g/mol. The molecule has 0 aliphatic heterocycles. The maximum absolute atomic E-state index is 13.2. The number of esters is 1. The predicted octanol–water partition coefficient (Wildman–Crippen LogP) is 4.11. The van der Waals surface area contributed by atoms with Gasteiger partial charge in [0.2, 0.25) is 0 Å². The highest BCUT2D eigenvalue weighted by atomic mass is 32.2. The molecule has 0 aliphatic carbocycles. The highest BCUT2D eigenvalue weighted by Gasteiger charge is 2.18. The predicted molar refractivity (Wildman–Crippen MR) is 107 cm³/mol. The number of thioether (sulfide) groups is 1. The number of aryl methyl sites for hydroxylation is 2. The molecule has 3 rings (SSSR count). The van der Waals surface area contributed by atoms with Gasteiger partial charge < -0.3 is 4.74 Å². The molecular weight excluding hydrogens is 368 g/mol. The minimum Gasteiger partial charge on any atom is -0.466 e. The summed E-state index contributed by atoms with van der Waals surface area (Å²) in [5, 5.41) is 1.27. The molecule has 0 bridgehead atoms. The van der Waals surface area contributed by atoms with Crippen molar-refractivity contribution in [2.75, 3.05) is 12.4 Å². The lowest BCUT2D eigenvalue weighted by atomic mass is 10.2. The topological polar surface area (TPSA) is 61.2 Å². The van der Waals surface area contributed by atoms with E-state index in [4.69, 9.17) is 9.72 Å². The lowest BCUT2D eigenvalue weighted by Gasteiger charge is -2.12. The fourth-order valence-corrected chi connectivity index (χ4v) is 4.64. The van der Waals surface area contributed by atoms with E-state index in [2.05, 4.69) is 0 Å². The summed E-state index contributed by atoms with van der Waals surface area (Å²) >= 11 is 2.93. The molecule has 136 valence electrons. The number of thiophene rings is 1. The number of ether oxygens (including phenoxy) is 1. The van der Waals surface area contributed by atoms with Gasteiger partial charge in [-0.2, -0.15) is 0 Å². The molecule has 0 radical (unpaired) electrons. The summed E-state index contributed by atoms with van der Waals surface area (Å²) in [5.74, 6) is 0.268. The van der Waals surface area contributed by atoms with Crippen molar-refractivity contribution in [3.05, 3.63) is 51.1 Å². The maximum atomic E-state index is 13.2. The van der Waals surface area contributed by atoms with E-state index in [-0.39, 0.29) is 17.9 Å². The second kappa shape index (κ2) is 8.05. The minimum atomic E-state index is -0.238. The summed E-state index contributed by atoms with van der Waals surface area (Å²) in [6, 6.07) is 9.47. The largest absolute Gasteiger partial charge is 0.466 e. The van der Waals surface area contributed by atoms with Crippen molar-refractivity contribution < 1.29 is 9.53 Å². The Morgan fingerprint density at radius 3 is 2.69 bits per heavy atom. The first-order valence-electron chi connectivity index (χ1n) is 8.39. The van der Waals surface area contributed by atoms with Crippen LogP contribution in [-0.2, 0) is 9.53 Å². The third-order valence-electron chi connectivity index (χ3n) is 4.03. The zero-order chi connectivity index (χ0) is 18.7. The van der Waals surface area contributed by atoms with E-state index in [1.54, 1.807) is 11.5 Å². The number of rotatable bonds is 6. The molecule has 7 heteroatoms. The third kappa shape index (κ3) is 3.68. The van der Waals surface area contributed by atoms with Gasteiger partial charge >= 0.3 is 5.97 Å². The second-order valence-corrected chi connectivity index (χ2v) is 8.00. The molecule has 0 atom stereocenters. The zero-order valence-electron chi connectivity index (χ0n) is 14.9. The second-order valence-electron chi connectivity index (χ2n) is 5.74. The van der Waals surface area contributed by atoms with Crippen LogP contribution >= 0.6 is 23.1 Å². The van der Waals surface area contributed by atoms with Gasteiger partial charge in [0.05, 0.1) is 24.1 Å². The van der Waals surface area contributed by atoms with Crippen LogP contribution in [0.2, 0.25) is 0 Å². The van der Waals surface area contributed by atoms with E-state index in [0.29, 0.717) is 22.9 Å². The first-order valence-corrected chi connectivity index (χ1v) is 10.2. The van der Waals surface area contributed by atoms with Gasteiger partial charge in [0, 0.05) is 10.6 Å². The van der Waals surface area contributed by atoms with Crippen molar-refractivity contribution in [3.8, 4) is 5.69 Å². The van der Waals surface area contributed by atoms with E-state index in [1.807, 2.05) is 44.2 Å². The molecule has 0 spiro atoms. The lowest BCUT2D eigenvalue weighted by molar-refractivity contribution is -0.142. The Labute approximate surface area is 160 Å². The van der Waals surface area contributed by atoms with E-state index in [1.165, 1.54) is 23.1 Å². The van der Waals surface area contributed by atoms with Gasteiger partial charge in [-0.1, -0.05) is 30.0 Å². The Hall–Kier alpha value is -2.12. The van der Waals surface area contributed by atoms with E-state index < -0.39 is 0 Å². The molecule has 0 saturated carbocycles. The van der Waals surface area contributed by atoms with Gasteiger partial charge in [0.1, 0.15) is 4.83 Å². The number of aromatic nitrogens is 2. The first-order chi connectivity index (χ1) is 12.5. The van der Waals surface area contributed by atoms with Gasteiger partial charge in [-0.05, 0) is 38.5 Å². The standard InChI is InChI=1S/C19H20N2O3S2/c1-4-24-15(22)10-11-25-19-20-17-16(12(2)13(3)26-17)18(23)21(19)14-8-6-5-7-9-14/h5-9H,4,10-11H2,1-3H3. The molecule has 5 nitrogen and oxygen atoms in total. The molecular formula is C19H20N2O3S2. The van der Waals surface area contributed by atoms with Crippen LogP contribution in [0.15, 0.2) is 40.3 Å². The zero-order valence-corrected chi connectivity index (χ0v) is 16.6. The molecule has 2 aromatic heterocycles. The van der Waals surface area contributed by atoms with E-state index >= 15 is 0 Å². The van der Waals surface area contributed by atoms with Crippen LogP contribution in [0, 0.1) is 13.8 Å². The van der Waals surface area contributed by atoms with Gasteiger partial charge in [0.15, 0.2) is 5.16 Å². The van der Waals surface area contributed by atoms with Gasteiger partial charge in [-0.3, -0.25) is 14.2 Å². The van der Waals surface area contributed by atoms with Crippen LogP contribution in [0.1, 0.15) is 23.8 Å². The molecule has 2 heterocycles. The number of hydrogen-bond acceptors (Lipinski definition) is 6. The number of hydrogen-bond donors (Lipinski definition) is 0. The summed E-state index contributed by atoms with van der Waals surface area (Å²) in [7, 11) is 0. The first kappa shape index (κ1) is 18.7. The number of carbonyl (C=O) groups excluding carboxylic acids is 1. The van der Waals surface area contributed by atoms with Crippen molar-refractivity contribution in [2.45, 2.75) is 32.3 Å². The van der Waals surface area contributed by atoms with Crippen molar-refractivity contribution in [1.82, 2.24) is 9.55 Å². The summed E-state index contributed by atoms with van der Waals surface area (Å²) in [5.41, 5.74) is 1.69. The fourth-order valence-electron chi connectivity index (χ4n) is 2.64. The van der Waals surface area contributed by atoms with E-state index in [0.717, 1.165) is 21.0 Å². The summed E-state index contributed by atoms with van der Waals surface area (Å²) in [4.78, 5) is 31.4. The van der Waals surface area contributed by atoms with Crippen molar-refractivity contribution in [3.63, 3.8) is 0 Å². The van der Waals surface area contributed by atoms with Crippen LogP contribution in [0.5, 0.6) is 0 Å². The number of para-hydroxylation sites is 1. The SMILES string of the molecule is CCOC(=O)CCSc1nc2sc(C)c(C)c2c(=O)n1-c1ccccc1. The molecule has 0 fully saturated rings. The third-order valence-corrected chi connectivity index (χ3v) is 6.07. The Bertz CT molecular complexity index is 993. The molecule has 1 aromatic carbocycles. The maximum Gasteiger partial charge on any atom is 0.306 e. The van der Waals surface area contributed by atoms with Crippen LogP contribution < -0.4 is 5.56 Å². The van der Waals surface area contributed by atoms with Gasteiger partial charge in [-0.15, -0.1) is 11.3 Å². The normalized spacial score (nSPS) is 11.0. The smallest absolute Gasteiger partial charge is 0.306 e. The summed E-state index contributed by atoms with van der Waals surface area (Å²) in [6.45, 7) is 6.12.